The van der Waals surface area contributed by atoms with Crippen LogP contribution in [0.5, 0.6) is 0 Å². The van der Waals surface area contributed by atoms with Gasteiger partial charge in [-0.3, -0.25) is 9.59 Å². The number of anilines is 1. The van der Waals surface area contributed by atoms with E-state index in [9.17, 15) is 9.59 Å². The summed E-state index contributed by atoms with van der Waals surface area (Å²) in [5, 5.41) is 3.82. The van der Waals surface area contributed by atoms with Crippen LogP contribution < -0.4 is 10.2 Å². The number of nitrogens with one attached hydrogen (secondary N) is 1. The number of hydrogen-bond acceptors (Lipinski definition) is 6. The number of carbonyl (C=O) groups is 2. The highest BCUT2D eigenvalue weighted by atomic mass is 35.5. The molecule has 1 N–H and O–H groups in total. The second-order valence-electron chi connectivity index (χ2n) is 7.94. The van der Waals surface area contributed by atoms with E-state index >= 15 is 0 Å². The monoisotopic (exact) mass is 425 g/mol. The molecule has 1 saturated carbocycles. The Bertz CT molecular complexity index is 728. The molecule has 0 bridgehead atoms. The molecule has 0 spiro atoms. The van der Waals surface area contributed by atoms with E-state index in [2.05, 4.69) is 41.0 Å². The van der Waals surface area contributed by atoms with E-state index in [-0.39, 0.29) is 23.6 Å². The van der Waals surface area contributed by atoms with Gasteiger partial charge in [-0.25, -0.2) is 9.97 Å². The van der Waals surface area contributed by atoms with Crippen molar-refractivity contribution in [2.24, 2.45) is 5.92 Å². The smallest absolute Gasteiger partial charge is 0.230 e. The van der Waals surface area contributed by atoms with Crippen molar-refractivity contribution in [1.82, 2.24) is 20.2 Å². The first-order chi connectivity index (χ1) is 13.3. The Labute approximate surface area is 175 Å². The predicted octanol–water partition coefficient (Wildman–Crippen LogP) is 2.58. The number of aromatic nitrogens is 2. The SMILES string of the molecule is CC(C)CC(=O)N1CCN(c2cc(Cl)nc(SCC(=O)NC3CC3)n2)C[C@@H]1C. The van der Waals surface area contributed by atoms with Gasteiger partial charge in [0.1, 0.15) is 11.0 Å². The molecule has 1 aliphatic heterocycles. The Balaban J connectivity index is 1.59. The average molecular weight is 426 g/mol. The van der Waals surface area contributed by atoms with Gasteiger partial charge in [-0.05, 0) is 25.7 Å². The van der Waals surface area contributed by atoms with Gasteiger partial charge in [0, 0.05) is 44.2 Å². The van der Waals surface area contributed by atoms with Crippen molar-refractivity contribution in [3.05, 3.63) is 11.2 Å². The Kier molecular flexibility index (Phi) is 7.04. The largest absolute Gasteiger partial charge is 0.353 e. The number of rotatable bonds is 7. The fourth-order valence-electron chi connectivity index (χ4n) is 3.24. The maximum atomic E-state index is 12.4. The molecular weight excluding hydrogens is 398 g/mol. The van der Waals surface area contributed by atoms with Crippen molar-refractivity contribution in [3.63, 3.8) is 0 Å². The first kappa shape index (κ1) is 21.2. The van der Waals surface area contributed by atoms with Crippen LogP contribution in [0.3, 0.4) is 0 Å². The van der Waals surface area contributed by atoms with Gasteiger partial charge >= 0.3 is 0 Å². The molecule has 2 heterocycles. The van der Waals surface area contributed by atoms with Gasteiger partial charge in [0.15, 0.2) is 5.16 Å². The highest BCUT2D eigenvalue weighted by Gasteiger charge is 2.29. The molecule has 7 nitrogen and oxygen atoms in total. The average Bonchev–Trinajstić information content (AvgIpc) is 3.42. The summed E-state index contributed by atoms with van der Waals surface area (Å²) in [5.41, 5.74) is 0. The fourth-order valence-corrected chi connectivity index (χ4v) is 4.13. The molecule has 2 fully saturated rings. The van der Waals surface area contributed by atoms with Crippen molar-refractivity contribution in [3.8, 4) is 0 Å². The molecule has 1 aliphatic carbocycles. The Morgan fingerprint density at radius 2 is 2.07 bits per heavy atom. The van der Waals surface area contributed by atoms with Crippen molar-refractivity contribution >= 4 is 41.0 Å². The number of nitrogens with zero attached hydrogens (tertiary/aromatic N) is 4. The minimum atomic E-state index is 0.00327. The van der Waals surface area contributed by atoms with Crippen LogP contribution in [0.1, 0.15) is 40.0 Å². The van der Waals surface area contributed by atoms with Crippen LogP contribution >= 0.6 is 23.4 Å². The van der Waals surface area contributed by atoms with Crippen LogP contribution in [0.25, 0.3) is 0 Å². The zero-order valence-corrected chi connectivity index (χ0v) is 18.2. The normalized spacial score (nSPS) is 19.8. The number of halogens is 1. The molecule has 28 heavy (non-hydrogen) atoms. The van der Waals surface area contributed by atoms with E-state index in [4.69, 9.17) is 11.6 Å². The molecule has 0 unspecified atom stereocenters. The van der Waals surface area contributed by atoms with Gasteiger partial charge in [-0.2, -0.15) is 0 Å². The summed E-state index contributed by atoms with van der Waals surface area (Å²) in [4.78, 5) is 37.2. The molecule has 9 heteroatoms. The van der Waals surface area contributed by atoms with E-state index in [0.717, 1.165) is 18.7 Å². The zero-order valence-electron chi connectivity index (χ0n) is 16.7. The number of hydrogen-bond donors (Lipinski definition) is 1. The maximum Gasteiger partial charge on any atom is 0.230 e. The lowest BCUT2D eigenvalue weighted by Crippen LogP contribution is -2.54. The standard InChI is InChI=1S/C19H28ClN5O2S/c1-12(2)8-18(27)25-7-6-24(10-13(25)3)16-9-15(20)22-19(23-16)28-11-17(26)21-14-4-5-14/h9,12-14H,4-8,10-11H2,1-3H3,(H,21,26)/t13-/m0/s1. The summed E-state index contributed by atoms with van der Waals surface area (Å²) in [6.07, 6.45) is 2.71. The van der Waals surface area contributed by atoms with Crippen LogP contribution in [0.4, 0.5) is 5.82 Å². The number of amides is 2. The highest BCUT2D eigenvalue weighted by molar-refractivity contribution is 7.99. The highest BCUT2D eigenvalue weighted by Crippen LogP contribution is 2.25. The molecule has 154 valence electrons. The predicted molar refractivity (Wildman–Crippen MR) is 112 cm³/mol. The molecule has 0 radical (unpaired) electrons. The van der Waals surface area contributed by atoms with E-state index in [1.165, 1.54) is 11.8 Å². The van der Waals surface area contributed by atoms with E-state index in [1.54, 1.807) is 6.07 Å². The van der Waals surface area contributed by atoms with Crippen molar-refractivity contribution in [2.75, 3.05) is 30.3 Å². The lowest BCUT2D eigenvalue weighted by molar-refractivity contribution is -0.134. The molecule has 0 aromatic carbocycles. The van der Waals surface area contributed by atoms with Gasteiger partial charge in [0.25, 0.3) is 0 Å². The van der Waals surface area contributed by atoms with Gasteiger partial charge in [0.05, 0.1) is 5.75 Å². The van der Waals surface area contributed by atoms with Gasteiger partial charge in [-0.15, -0.1) is 0 Å². The lowest BCUT2D eigenvalue weighted by atomic mass is 10.1. The quantitative estimate of drug-likeness (QED) is 0.411. The number of carbonyl (C=O) groups excluding carboxylic acids is 2. The fraction of sp³-hybridized carbons (Fsp3) is 0.684. The van der Waals surface area contributed by atoms with Crippen molar-refractivity contribution in [1.29, 1.82) is 0 Å². The van der Waals surface area contributed by atoms with Crippen LogP contribution in [-0.2, 0) is 9.59 Å². The second kappa shape index (κ2) is 9.31. The Morgan fingerprint density at radius 1 is 1.32 bits per heavy atom. The van der Waals surface area contributed by atoms with Crippen LogP contribution in [-0.4, -0.2) is 64.2 Å². The summed E-state index contributed by atoms with van der Waals surface area (Å²) in [7, 11) is 0. The summed E-state index contributed by atoms with van der Waals surface area (Å²) in [5.74, 6) is 1.59. The van der Waals surface area contributed by atoms with Crippen molar-refractivity contribution < 1.29 is 9.59 Å². The minimum absolute atomic E-state index is 0.00327. The zero-order chi connectivity index (χ0) is 20.3. The Morgan fingerprint density at radius 3 is 2.71 bits per heavy atom. The number of thioether (sulfide) groups is 1. The molecule has 2 amide bonds. The van der Waals surface area contributed by atoms with Crippen LogP contribution in [0.15, 0.2) is 11.2 Å². The van der Waals surface area contributed by atoms with Crippen LogP contribution in [0.2, 0.25) is 5.15 Å². The Hall–Kier alpha value is -1.54. The lowest BCUT2D eigenvalue weighted by Gasteiger charge is -2.40. The third-order valence-corrected chi connectivity index (χ3v) is 5.83. The molecule has 1 aromatic rings. The molecular formula is C19H28ClN5O2S. The molecule has 1 atom stereocenters. The van der Waals surface area contributed by atoms with Gasteiger partial charge in [0.2, 0.25) is 11.8 Å². The van der Waals surface area contributed by atoms with Crippen LogP contribution in [0, 0.1) is 5.92 Å². The topological polar surface area (TPSA) is 78.4 Å². The van der Waals surface area contributed by atoms with Gasteiger partial charge < -0.3 is 15.1 Å². The van der Waals surface area contributed by atoms with Crippen molar-refractivity contribution in [2.45, 2.75) is 57.3 Å². The first-order valence-electron chi connectivity index (χ1n) is 9.83. The maximum absolute atomic E-state index is 12.4. The first-order valence-corrected chi connectivity index (χ1v) is 11.2. The van der Waals surface area contributed by atoms with Gasteiger partial charge in [-0.1, -0.05) is 37.2 Å². The summed E-state index contributed by atoms with van der Waals surface area (Å²) < 4.78 is 0. The molecule has 2 aliphatic rings. The second-order valence-corrected chi connectivity index (χ2v) is 9.27. The van der Waals surface area contributed by atoms with E-state index in [1.807, 2.05) is 4.90 Å². The molecule has 1 saturated heterocycles. The summed E-state index contributed by atoms with van der Waals surface area (Å²) >= 11 is 7.49. The summed E-state index contributed by atoms with van der Waals surface area (Å²) in [6, 6.07) is 2.20. The third-order valence-electron chi connectivity index (χ3n) is 4.79. The van der Waals surface area contributed by atoms with E-state index in [0.29, 0.717) is 48.3 Å². The third kappa shape index (κ3) is 5.98. The number of piperazine rings is 1. The molecule has 1 aromatic heterocycles. The molecule has 3 rings (SSSR count). The summed E-state index contributed by atoms with van der Waals surface area (Å²) in [6.45, 7) is 8.25. The van der Waals surface area contributed by atoms with E-state index < -0.39 is 0 Å². The minimum Gasteiger partial charge on any atom is -0.353 e.